The molecule has 1 saturated heterocycles. The van der Waals surface area contributed by atoms with Gasteiger partial charge in [-0.3, -0.25) is 9.59 Å². The number of hydrogen-bond acceptors (Lipinski definition) is 5. The van der Waals surface area contributed by atoms with Gasteiger partial charge in [-0.2, -0.15) is 5.10 Å². The van der Waals surface area contributed by atoms with Crippen LogP contribution in [0.5, 0.6) is 0 Å². The summed E-state index contributed by atoms with van der Waals surface area (Å²) in [5.41, 5.74) is 2.60. The van der Waals surface area contributed by atoms with Crippen molar-refractivity contribution in [2.24, 2.45) is 10.2 Å². The number of carbonyl (C=O) groups is 2. The molecule has 0 radical (unpaired) electrons. The lowest BCUT2D eigenvalue weighted by Gasteiger charge is -2.04. The fourth-order valence-electron chi connectivity index (χ4n) is 2.53. The number of ketones is 1. The number of rotatable bonds is 6. The maximum atomic E-state index is 12.4. The summed E-state index contributed by atoms with van der Waals surface area (Å²) in [6, 6.07) is 17.0. The second-order valence-corrected chi connectivity index (χ2v) is 8.29. The number of halogens is 1. The molecule has 0 bridgehead atoms. The van der Waals surface area contributed by atoms with Crippen LogP contribution in [0.25, 0.3) is 6.08 Å². The normalized spacial score (nSPS) is 18.6. The number of nitrogens with one attached hydrogen (secondary N) is 1. The lowest BCUT2D eigenvalue weighted by Crippen LogP contribution is -2.26. The van der Waals surface area contributed by atoms with Gasteiger partial charge in [0.2, 0.25) is 5.91 Å². The van der Waals surface area contributed by atoms with E-state index in [1.165, 1.54) is 11.8 Å². The summed E-state index contributed by atoms with van der Waals surface area (Å²) < 4.78 is 0.904. The maximum absolute atomic E-state index is 12.4. The first-order chi connectivity index (χ1) is 13.5. The Balaban J connectivity index is 1.58. The summed E-state index contributed by atoms with van der Waals surface area (Å²) in [5, 5.41) is 10.7. The lowest BCUT2D eigenvalue weighted by atomic mass is 10.1. The summed E-state index contributed by atoms with van der Waals surface area (Å²) >= 11 is 4.57. The molecule has 1 fully saturated rings. The first-order valence-electron chi connectivity index (χ1n) is 8.62. The van der Waals surface area contributed by atoms with Crippen molar-refractivity contribution >= 4 is 56.8 Å². The van der Waals surface area contributed by atoms with Crippen molar-refractivity contribution in [3.8, 4) is 0 Å². The number of thioether (sulfide) groups is 1. The number of Topliss-reactive ketones (excluding diaryl/α,β-unsaturated/α-hetero) is 1. The van der Waals surface area contributed by atoms with Crippen LogP contribution in [-0.2, 0) is 4.79 Å². The molecule has 1 unspecified atom stereocenters. The Morgan fingerprint density at radius 3 is 2.61 bits per heavy atom. The van der Waals surface area contributed by atoms with Crippen LogP contribution in [0.1, 0.15) is 29.3 Å². The maximum Gasteiger partial charge on any atom is 0.240 e. The molecule has 1 atom stereocenters. The van der Waals surface area contributed by atoms with Crippen LogP contribution < -0.4 is 5.32 Å². The van der Waals surface area contributed by atoms with Gasteiger partial charge in [0, 0.05) is 16.5 Å². The minimum absolute atomic E-state index is 0.0773. The Hall–Kier alpha value is -2.51. The van der Waals surface area contributed by atoms with Crippen molar-refractivity contribution in [2.75, 3.05) is 0 Å². The first kappa shape index (κ1) is 20.2. The van der Waals surface area contributed by atoms with Crippen molar-refractivity contribution in [3.63, 3.8) is 0 Å². The van der Waals surface area contributed by atoms with Crippen LogP contribution in [0.4, 0.5) is 0 Å². The van der Waals surface area contributed by atoms with Crippen molar-refractivity contribution < 1.29 is 9.59 Å². The molecule has 0 aromatic heterocycles. The summed E-state index contributed by atoms with van der Waals surface area (Å²) in [6.07, 6.45) is 3.74. The molecule has 0 saturated carbocycles. The number of benzene rings is 2. The van der Waals surface area contributed by atoms with Crippen LogP contribution in [0.3, 0.4) is 0 Å². The van der Waals surface area contributed by atoms with Gasteiger partial charge in [-0.25, -0.2) is 0 Å². The predicted octanol–water partition coefficient (Wildman–Crippen LogP) is 4.70. The van der Waals surface area contributed by atoms with Crippen molar-refractivity contribution in [2.45, 2.75) is 18.6 Å². The molecule has 142 valence electrons. The van der Waals surface area contributed by atoms with Gasteiger partial charge in [0.05, 0.1) is 11.5 Å². The van der Waals surface area contributed by atoms with Crippen LogP contribution in [-0.4, -0.2) is 28.3 Å². The number of amides is 1. The molecular formula is C21H18BrN3O2S. The summed E-state index contributed by atoms with van der Waals surface area (Å²) in [6.45, 7) is 1.93. The summed E-state index contributed by atoms with van der Waals surface area (Å²) in [7, 11) is 0. The number of hydrogen-bond donors (Lipinski definition) is 1. The van der Waals surface area contributed by atoms with Gasteiger partial charge in [0.25, 0.3) is 0 Å². The van der Waals surface area contributed by atoms with Crippen LogP contribution in [0.15, 0.2) is 74.8 Å². The third-order valence-electron chi connectivity index (χ3n) is 3.92. The van der Waals surface area contributed by atoms with Crippen molar-refractivity contribution in [3.05, 3.63) is 75.8 Å². The highest BCUT2D eigenvalue weighted by atomic mass is 79.9. The molecule has 0 spiro atoms. The van der Waals surface area contributed by atoms with Gasteiger partial charge >= 0.3 is 0 Å². The Labute approximate surface area is 176 Å². The third kappa shape index (κ3) is 5.74. The average Bonchev–Trinajstić information content (AvgIpc) is 3.02. The molecule has 1 aliphatic heterocycles. The quantitative estimate of drug-likeness (QED) is 0.389. The Bertz CT molecular complexity index is 953. The van der Waals surface area contributed by atoms with Gasteiger partial charge in [-0.15, -0.1) is 5.10 Å². The SMILES string of the molecule is CC(C=NN=C1NC(=O)C(CC(=O)c2ccc(Br)cc2)S1)=Cc1ccccc1. The molecule has 7 heteroatoms. The molecule has 5 nitrogen and oxygen atoms in total. The van der Waals surface area contributed by atoms with Crippen LogP contribution >= 0.6 is 27.7 Å². The fraction of sp³-hybridized carbons (Fsp3) is 0.143. The monoisotopic (exact) mass is 455 g/mol. The minimum Gasteiger partial charge on any atom is -0.303 e. The zero-order valence-corrected chi connectivity index (χ0v) is 17.5. The highest BCUT2D eigenvalue weighted by molar-refractivity contribution is 9.10. The topological polar surface area (TPSA) is 70.9 Å². The number of carbonyl (C=O) groups excluding carboxylic acids is 2. The predicted molar refractivity (Wildman–Crippen MR) is 119 cm³/mol. The molecule has 2 aromatic carbocycles. The zero-order valence-electron chi connectivity index (χ0n) is 15.1. The van der Waals surface area contributed by atoms with Gasteiger partial charge in [0.1, 0.15) is 0 Å². The van der Waals surface area contributed by atoms with Crippen molar-refractivity contribution in [1.29, 1.82) is 0 Å². The van der Waals surface area contributed by atoms with E-state index in [2.05, 4.69) is 31.4 Å². The Morgan fingerprint density at radius 1 is 1.18 bits per heavy atom. The average molecular weight is 456 g/mol. The minimum atomic E-state index is -0.494. The molecular weight excluding hydrogens is 438 g/mol. The van der Waals surface area contributed by atoms with E-state index in [1.807, 2.05) is 55.5 Å². The molecule has 1 aliphatic rings. The third-order valence-corrected chi connectivity index (χ3v) is 5.52. The number of nitrogens with zero attached hydrogens (tertiary/aromatic N) is 2. The van der Waals surface area contributed by atoms with Crippen molar-refractivity contribution in [1.82, 2.24) is 5.32 Å². The largest absolute Gasteiger partial charge is 0.303 e. The fourth-order valence-corrected chi connectivity index (χ4v) is 3.72. The van der Waals surface area contributed by atoms with E-state index in [1.54, 1.807) is 18.3 Å². The molecule has 28 heavy (non-hydrogen) atoms. The Morgan fingerprint density at radius 2 is 1.89 bits per heavy atom. The van der Waals surface area contributed by atoms with E-state index in [0.717, 1.165) is 15.6 Å². The van der Waals surface area contributed by atoms with E-state index >= 15 is 0 Å². The summed E-state index contributed by atoms with van der Waals surface area (Å²) in [5.74, 6) is -0.299. The molecule has 1 heterocycles. The lowest BCUT2D eigenvalue weighted by molar-refractivity contribution is -0.118. The second-order valence-electron chi connectivity index (χ2n) is 6.18. The molecule has 2 aromatic rings. The number of amidine groups is 1. The van der Waals surface area contributed by atoms with Gasteiger partial charge in [0.15, 0.2) is 11.0 Å². The second kappa shape index (κ2) is 9.61. The van der Waals surface area contributed by atoms with Crippen LogP contribution in [0, 0.1) is 0 Å². The van der Waals surface area contributed by atoms with E-state index in [0.29, 0.717) is 10.7 Å². The van der Waals surface area contributed by atoms with E-state index in [9.17, 15) is 9.59 Å². The summed E-state index contributed by atoms with van der Waals surface area (Å²) in [4.78, 5) is 24.5. The van der Waals surface area contributed by atoms with E-state index in [4.69, 9.17) is 0 Å². The number of allylic oxidation sites excluding steroid dienone is 1. The molecule has 0 aliphatic carbocycles. The van der Waals surface area contributed by atoms with E-state index in [-0.39, 0.29) is 18.1 Å². The first-order valence-corrected chi connectivity index (χ1v) is 10.3. The van der Waals surface area contributed by atoms with E-state index < -0.39 is 5.25 Å². The molecule has 1 N–H and O–H groups in total. The van der Waals surface area contributed by atoms with Crippen LogP contribution in [0.2, 0.25) is 0 Å². The van der Waals surface area contributed by atoms with Gasteiger partial charge in [-0.05, 0) is 30.2 Å². The smallest absolute Gasteiger partial charge is 0.240 e. The Kier molecular flexibility index (Phi) is 6.95. The van der Waals surface area contributed by atoms with Gasteiger partial charge in [-0.1, -0.05) is 76.2 Å². The standard InChI is InChI=1S/C21H18BrN3O2S/c1-14(11-15-5-3-2-4-6-15)13-23-25-21-24-20(27)19(28-21)12-18(26)16-7-9-17(22)10-8-16/h2-11,13,19H,12H2,1H3,(H,24,25,27). The van der Waals surface area contributed by atoms with Gasteiger partial charge < -0.3 is 5.32 Å². The highest BCUT2D eigenvalue weighted by Gasteiger charge is 2.32. The molecule has 3 rings (SSSR count). The zero-order chi connectivity index (χ0) is 19.9. The molecule has 1 amide bonds. The highest BCUT2D eigenvalue weighted by Crippen LogP contribution is 2.24.